The van der Waals surface area contributed by atoms with Crippen molar-refractivity contribution >= 4 is 0 Å². The van der Waals surface area contributed by atoms with Crippen LogP contribution >= 0.6 is 0 Å². The molecule has 3 heteroatoms. The maximum atomic E-state index is 5.06. The van der Waals surface area contributed by atoms with Gasteiger partial charge in [0.1, 0.15) is 5.82 Å². The summed E-state index contributed by atoms with van der Waals surface area (Å²) in [5.74, 6) is 0.993. The Kier molecular flexibility index (Phi) is 3.15. The smallest absolute Gasteiger partial charge is 0.139 e. The number of aromatic nitrogens is 2. The summed E-state index contributed by atoms with van der Waals surface area (Å²) in [4.78, 5) is 4.35. The molecule has 2 rings (SSSR count). The fourth-order valence-electron chi connectivity index (χ4n) is 1.53. The van der Waals surface area contributed by atoms with Gasteiger partial charge in [0.15, 0.2) is 0 Å². The second kappa shape index (κ2) is 4.75. The van der Waals surface area contributed by atoms with Gasteiger partial charge < -0.3 is 9.30 Å². The molecule has 0 N–H and O–H groups in total. The van der Waals surface area contributed by atoms with Crippen LogP contribution in [0, 0.1) is 0 Å². The van der Waals surface area contributed by atoms with Crippen LogP contribution in [0.4, 0.5) is 0 Å². The molecule has 0 radical (unpaired) electrons. The summed E-state index contributed by atoms with van der Waals surface area (Å²) in [6.07, 6.45) is 3.79. The van der Waals surface area contributed by atoms with E-state index in [0.717, 1.165) is 17.9 Å². The quantitative estimate of drug-likeness (QED) is 0.760. The minimum Gasteiger partial charge on any atom is -0.383 e. The Morgan fingerprint density at radius 1 is 1.27 bits per heavy atom. The largest absolute Gasteiger partial charge is 0.383 e. The molecule has 3 nitrogen and oxygen atoms in total. The van der Waals surface area contributed by atoms with Gasteiger partial charge in [-0.05, 0) is 0 Å². The van der Waals surface area contributed by atoms with Gasteiger partial charge in [-0.1, -0.05) is 30.3 Å². The molecular weight excluding hydrogens is 188 g/mol. The van der Waals surface area contributed by atoms with E-state index in [4.69, 9.17) is 4.74 Å². The van der Waals surface area contributed by atoms with Crippen molar-refractivity contribution < 1.29 is 4.74 Å². The highest BCUT2D eigenvalue weighted by Crippen LogP contribution is 2.16. The van der Waals surface area contributed by atoms with E-state index < -0.39 is 0 Å². The number of nitrogens with zero attached hydrogens (tertiary/aromatic N) is 2. The molecule has 0 saturated carbocycles. The third-order valence-electron chi connectivity index (χ3n) is 2.28. The van der Waals surface area contributed by atoms with Crippen LogP contribution in [0.25, 0.3) is 11.4 Å². The summed E-state index contributed by atoms with van der Waals surface area (Å²) in [6.45, 7) is 1.54. The maximum Gasteiger partial charge on any atom is 0.139 e. The summed E-state index contributed by atoms with van der Waals surface area (Å²) >= 11 is 0. The molecule has 78 valence electrons. The Morgan fingerprint density at radius 3 is 2.80 bits per heavy atom. The average Bonchev–Trinajstić information content (AvgIpc) is 2.75. The van der Waals surface area contributed by atoms with E-state index in [1.807, 2.05) is 30.6 Å². The summed E-state index contributed by atoms with van der Waals surface area (Å²) in [5, 5.41) is 0. The van der Waals surface area contributed by atoms with Crippen molar-refractivity contribution in [1.82, 2.24) is 9.55 Å². The van der Waals surface area contributed by atoms with Crippen LogP contribution in [-0.2, 0) is 11.3 Å². The third-order valence-corrected chi connectivity index (χ3v) is 2.28. The van der Waals surface area contributed by atoms with Crippen LogP contribution in [0.3, 0.4) is 0 Å². The van der Waals surface area contributed by atoms with Crippen LogP contribution < -0.4 is 0 Å². The molecule has 2 aromatic rings. The lowest BCUT2D eigenvalue weighted by molar-refractivity contribution is 0.187. The SMILES string of the molecule is COCCn1ccnc1-c1ccccc1. The zero-order chi connectivity index (χ0) is 10.5. The predicted molar refractivity (Wildman–Crippen MR) is 59.5 cm³/mol. The highest BCUT2D eigenvalue weighted by Gasteiger charge is 2.03. The second-order valence-electron chi connectivity index (χ2n) is 3.30. The average molecular weight is 202 g/mol. The van der Waals surface area contributed by atoms with Gasteiger partial charge in [0.25, 0.3) is 0 Å². The Morgan fingerprint density at radius 2 is 2.07 bits per heavy atom. The van der Waals surface area contributed by atoms with Gasteiger partial charge in [0, 0.05) is 31.6 Å². The van der Waals surface area contributed by atoms with Gasteiger partial charge in [0.05, 0.1) is 6.61 Å². The highest BCUT2D eigenvalue weighted by atomic mass is 16.5. The molecule has 0 aliphatic heterocycles. The minimum atomic E-state index is 0.705. The standard InChI is InChI=1S/C12H14N2O/c1-15-10-9-14-8-7-13-12(14)11-5-3-2-4-6-11/h2-8H,9-10H2,1H3. The number of hydrogen-bond acceptors (Lipinski definition) is 2. The summed E-state index contributed by atoms with van der Waals surface area (Å²) in [5.41, 5.74) is 1.14. The number of rotatable bonds is 4. The molecule has 1 aromatic carbocycles. The van der Waals surface area contributed by atoms with Crippen LogP contribution in [-0.4, -0.2) is 23.3 Å². The molecule has 0 amide bonds. The van der Waals surface area contributed by atoms with Crippen molar-refractivity contribution in [3.8, 4) is 11.4 Å². The summed E-state index contributed by atoms with van der Waals surface area (Å²) in [6, 6.07) is 10.2. The first-order valence-corrected chi connectivity index (χ1v) is 4.97. The fourth-order valence-corrected chi connectivity index (χ4v) is 1.53. The molecule has 0 aliphatic carbocycles. The van der Waals surface area contributed by atoms with E-state index in [-0.39, 0.29) is 0 Å². The lowest BCUT2D eigenvalue weighted by Gasteiger charge is -2.06. The van der Waals surface area contributed by atoms with Gasteiger partial charge in [-0.3, -0.25) is 0 Å². The Bertz CT molecular complexity index is 409. The molecule has 15 heavy (non-hydrogen) atoms. The Labute approximate surface area is 89.3 Å². The molecule has 0 aliphatic rings. The summed E-state index contributed by atoms with van der Waals surface area (Å²) in [7, 11) is 1.71. The first kappa shape index (κ1) is 9.93. The van der Waals surface area contributed by atoms with Gasteiger partial charge >= 0.3 is 0 Å². The fraction of sp³-hybridized carbons (Fsp3) is 0.250. The minimum absolute atomic E-state index is 0.705. The highest BCUT2D eigenvalue weighted by molar-refractivity contribution is 5.54. The Balaban J connectivity index is 2.25. The number of benzene rings is 1. The molecule has 0 fully saturated rings. The number of imidazole rings is 1. The molecule has 0 spiro atoms. The number of hydrogen-bond donors (Lipinski definition) is 0. The predicted octanol–water partition coefficient (Wildman–Crippen LogP) is 2.20. The molecule has 0 bridgehead atoms. The van der Waals surface area contributed by atoms with Crippen molar-refractivity contribution in [1.29, 1.82) is 0 Å². The second-order valence-corrected chi connectivity index (χ2v) is 3.30. The molecule has 1 heterocycles. The zero-order valence-corrected chi connectivity index (χ0v) is 8.76. The van der Waals surface area contributed by atoms with Gasteiger partial charge in [0.2, 0.25) is 0 Å². The van der Waals surface area contributed by atoms with Crippen molar-refractivity contribution in [3.63, 3.8) is 0 Å². The first-order chi connectivity index (χ1) is 7.42. The van der Waals surface area contributed by atoms with Gasteiger partial charge in [-0.25, -0.2) is 4.98 Å². The summed E-state index contributed by atoms with van der Waals surface area (Å²) < 4.78 is 7.15. The van der Waals surface area contributed by atoms with Gasteiger partial charge in [-0.2, -0.15) is 0 Å². The van der Waals surface area contributed by atoms with Gasteiger partial charge in [-0.15, -0.1) is 0 Å². The van der Waals surface area contributed by atoms with Crippen molar-refractivity contribution in [3.05, 3.63) is 42.7 Å². The van der Waals surface area contributed by atoms with Crippen molar-refractivity contribution in [2.24, 2.45) is 0 Å². The van der Waals surface area contributed by atoms with Crippen LogP contribution in [0.5, 0.6) is 0 Å². The monoisotopic (exact) mass is 202 g/mol. The van der Waals surface area contributed by atoms with Crippen LogP contribution in [0.15, 0.2) is 42.7 Å². The maximum absolute atomic E-state index is 5.06. The zero-order valence-electron chi connectivity index (χ0n) is 8.76. The normalized spacial score (nSPS) is 10.5. The molecular formula is C12H14N2O. The van der Waals surface area contributed by atoms with E-state index in [1.165, 1.54) is 0 Å². The molecule has 0 saturated heterocycles. The van der Waals surface area contributed by atoms with Crippen molar-refractivity contribution in [2.45, 2.75) is 6.54 Å². The topological polar surface area (TPSA) is 27.1 Å². The third kappa shape index (κ3) is 2.25. The number of ether oxygens (including phenoxy) is 1. The van der Waals surface area contributed by atoms with Crippen LogP contribution in [0.1, 0.15) is 0 Å². The van der Waals surface area contributed by atoms with E-state index in [0.29, 0.717) is 6.61 Å². The van der Waals surface area contributed by atoms with Crippen LogP contribution in [0.2, 0.25) is 0 Å². The molecule has 0 atom stereocenters. The molecule has 0 unspecified atom stereocenters. The van der Waals surface area contributed by atoms with E-state index in [2.05, 4.69) is 21.7 Å². The van der Waals surface area contributed by atoms with E-state index in [1.54, 1.807) is 7.11 Å². The van der Waals surface area contributed by atoms with E-state index >= 15 is 0 Å². The lowest BCUT2D eigenvalue weighted by atomic mass is 10.2. The molecule has 1 aromatic heterocycles. The van der Waals surface area contributed by atoms with E-state index in [9.17, 15) is 0 Å². The Hall–Kier alpha value is -1.61. The first-order valence-electron chi connectivity index (χ1n) is 4.97. The lowest BCUT2D eigenvalue weighted by Crippen LogP contribution is -2.04. The number of methoxy groups -OCH3 is 1. The van der Waals surface area contributed by atoms with Crippen molar-refractivity contribution in [2.75, 3.05) is 13.7 Å².